The number of nitrogens with one attached hydrogen (secondary N) is 1. The van der Waals surface area contributed by atoms with Gasteiger partial charge in [0.2, 0.25) is 0 Å². The molecule has 0 radical (unpaired) electrons. The molecule has 100 valence electrons. The Balaban J connectivity index is 3.52. The molecule has 0 saturated carbocycles. The highest BCUT2D eigenvalue weighted by Gasteiger charge is 2.37. The molecule has 1 atom stereocenters. The number of unbranched alkanes of at least 4 members (excludes halogenated alkanes) is 1. The maximum atomic E-state index is 11.9. The number of halogens is 3. The van der Waals surface area contributed by atoms with E-state index in [1.54, 1.807) is 0 Å². The molecule has 0 aromatic carbocycles. The SMILES string of the molecule is CC(C)(C#N)CCCCNCC(O)C(F)(F)F. The quantitative estimate of drug-likeness (QED) is 0.683. The Morgan fingerprint density at radius 1 is 1.29 bits per heavy atom. The second-order valence-corrected chi connectivity index (χ2v) is 4.71. The Bertz CT molecular complexity index is 258. The van der Waals surface area contributed by atoms with E-state index in [4.69, 9.17) is 10.4 Å². The van der Waals surface area contributed by atoms with E-state index < -0.39 is 18.8 Å². The van der Waals surface area contributed by atoms with Crippen molar-refractivity contribution in [3.05, 3.63) is 0 Å². The van der Waals surface area contributed by atoms with Gasteiger partial charge in [-0.25, -0.2) is 0 Å². The molecule has 0 rings (SSSR count). The summed E-state index contributed by atoms with van der Waals surface area (Å²) >= 11 is 0. The van der Waals surface area contributed by atoms with Crippen molar-refractivity contribution in [2.45, 2.75) is 45.4 Å². The fraction of sp³-hybridized carbons (Fsp3) is 0.909. The van der Waals surface area contributed by atoms with Crippen molar-refractivity contribution in [2.75, 3.05) is 13.1 Å². The molecule has 0 fully saturated rings. The molecule has 0 heterocycles. The first-order valence-electron chi connectivity index (χ1n) is 5.56. The van der Waals surface area contributed by atoms with Gasteiger partial charge in [0.15, 0.2) is 6.10 Å². The molecule has 1 unspecified atom stereocenters. The summed E-state index contributed by atoms with van der Waals surface area (Å²) in [6, 6.07) is 2.16. The van der Waals surface area contributed by atoms with E-state index in [1.165, 1.54) is 0 Å². The van der Waals surface area contributed by atoms with Gasteiger partial charge in [-0.2, -0.15) is 18.4 Å². The van der Waals surface area contributed by atoms with Crippen LogP contribution in [0, 0.1) is 16.7 Å². The fourth-order valence-electron chi connectivity index (χ4n) is 1.23. The molecule has 0 saturated heterocycles. The lowest BCUT2D eigenvalue weighted by Gasteiger charge is -2.16. The van der Waals surface area contributed by atoms with Crippen LogP contribution in [-0.2, 0) is 0 Å². The van der Waals surface area contributed by atoms with Crippen molar-refractivity contribution in [2.24, 2.45) is 5.41 Å². The molecule has 0 spiro atoms. The summed E-state index contributed by atoms with van der Waals surface area (Å²) in [7, 11) is 0. The number of nitriles is 1. The minimum absolute atomic E-state index is 0.383. The molecule has 0 aliphatic rings. The smallest absolute Gasteiger partial charge is 0.382 e. The van der Waals surface area contributed by atoms with Crippen molar-refractivity contribution in [1.29, 1.82) is 5.26 Å². The Labute approximate surface area is 99.6 Å². The van der Waals surface area contributed by atoms with Gasteiger partial charge in [-0.05, 0) is 33.2 Å². The van der Waals surface area contributed by atoms with Gasteiger partial charge >= 0.3 is 6.18 Å². The highest BCUT2D eigenvalue weighted by Crippen LogP contribution is 2.21. The highest BCUT2D eigenvalue weighted by molar-refractivity contribution is 4.91. The third-order valence-electron chi connectivity index (χ3n) is 2.42. The van der Waals surface area contributed by atoms with Crippen LogP contribution in [0.2, 0.25) is 0 Å². The lowest BCUT2D eigenvalue weighted by molar-refractivity contribution is -0.201. The van der Waals surface area contributed by atoms with Gasteiger partial charge in [0.25, 0.3) is 0 Å². The van der Waals surface area contributed by atoms with Gasteiger partial charge < -0.3 is 10.4 Å². The van der Waals surface area contributed by atoms with Crippen LogP contribution in [0.3, 0.4) is 0 Å². The van der Waals surface area contributed by atoms with Gasteiger partial charge in [0.1, 0.15) is 0 Å². The first kappa shape index (κ1) is 16.2. The van der Waals surface area contributed by atoms with E-state index in [0.717, 1.165) is 6.42 Å². The predicted octanol–water partition coefficient (Wildman–Crippen LogP) is 2.22. The molecule has 0 aliphatic heterocycles. The Morgan fingerprint density at radius 2 is 1.88 bits per heavy atom. The Kier molecular flexibility index (Phi) is 6.50. The topological polar surface area (TPSA) is 56.0 Å². The zero-order valence-corrected chi connectivity index (χ0v) is 10.1. The van der Waals surface area contributed by atoms with Gasteiger partial charge in [0, 0.05) is 6.54 Å². The minimum atomic E-state index is -4.56. The number of rotatable bonds is 7. The molecular weight excluding hydrogens is 233 g/mol. The van der Waals surface area contributed by atoms with E-state index in [0.29, 0.717) is 19.4 Å². The van der Waals surface area contributed by atoms with Crippen LogP contribution in [0.1, 0.15) is 33.1 Å². The first-order valence-corrected chi connectivity index (χ1v) is 5.56. The molecule has 0 bridgehead atoms. The second-order valence-electron chi connectivity index (χ2n) is 4.71. The number of hydrogen-bond donors (Lipinski definition) is 2. The summed E-state index contributed by atoms with van der Waals surface area (Å²) in [5.74, 6) is 0. The summed E-state index contributed by atoms with van der Waals surface area (Å²) in [6.45, 7) is 3.58. The average Bonchev–Trinajstić information content (AvgIpc) is 2.21. The maximum absolute atomic E-state index is 11.9. The molecule has 0 aliphatic carbocycles. The number of nitrogens with zero attached hydrogens (tertiary/aromatic N) is 1. The Hall–Kier alpha value is -0.800. The predicted molar refractivity (Wildman–Crippen MR) is 58.2 cm³/mol. The highest BCUT2D eigenvalue weighted by atomic mass is 19.4. The summed E-state index contributed by atoms with van der Waals surface area (Å²) in [5.41, 5.74) is -0.383. The van der Waals surface area contributed by atoms with Gasteiger partial charge in [-0.3, -0.25) is 0 Å². The fourth-order valence-corrected chi connectivity index (χ4v) is 1.23. The lowest BCUT2D eigenvalue weighted by atomic mass is 9.89. The van der Waals surface area contributed by atoms with E-state index in [2.05, 4.69) is 11.4 Å². The first-order chi connectivity index (χ1) is 7.69. The van der Waals surface area contributed by atoms with Crippen LogP contribution in [0.5, 0.6) is 0 Å². The Morgan fingerprint density at radius 3 is 2.35 bits per heavy atom. The summed E-state index contributed by atoms with van der Waals surface area (Å²) in [4.78, 5) is 0. The average molecular weight is 252 g/mol. The third-order valence-corrected chi connectivity index (χ3v) is 2.42. The number of alkyl halides is 3. The van der Waals surface area contributed by atoms with E-state index in [-0.39, 0.29) is 5.41 Å². The van der Waals surface area contributed by atoms with E-state index in [1.807, 2.05) is 13.8 Å². The van der Waals surface area contributed by atoms with Crippen LogP contribution in [-0.4, -0.2) is 30.5 Å². The number of aliphatic hydroxyl groups is 1. The van der Waals surface area contributed by atoms with Crippen LogP contribution in [0.25, 0.3) is 0 Å². The van der Waals surface area contributed by atoms with E-state index in [9.17, 15) is 13.2 Å². The van der Waals surface area contributed by atoms with Crippen molar-refractivity contribution in [3.63, 3.8) is 0 Å². The van der Waals surface area contributed by atoms with Crippen molar-refractivity contribution < 1.29 is 18.3 Å². The minimum Gasteiger partial charge on any atom is -0.382 e. The van der Waals surface area contributed by atoms with E-state index >= 15 is 0 Å². The van der Waals surface area contributed by atoms with Crippen LogP contribution >= 0.6 is 0 Å². The van der Waals surface area contributed by atoms with Crippen molar-refractivity contribution in [1.82, 2.24) is 5.32 Å². The zero-order valence-electron chi connectivity index (χ0n) is 10.1. The molecule has 2 N–H and O–H groups in total. The molecule has 6 heteroatoms. The standard InChI is InChI=1S/C11H19F3N2O/c1-10(2,8-15)5-3-4-6-16-7-9(17)11(12,13)14/h9,16-17H,3-7H2,1-2H3. The van der Waals surface area contributed by atoms with Crippen molar-refractivity contribution >= 4 is 0 Å². The molecule has 0 aromatic heterocycles. The monoisotopic (exact) mass is 252 g/mol. The van der Waals surface area contributed by atoms with Crippen molar-refractivity contribution in [3.8, 4) is 6.07 Å². The summed E-state index contributed by atoms with van der Waals surface area (Å²) in [5, 5.41) is 20.0. The molecule has 0 amide bonds. The summed E-state index contributed by atoms with van der Waals surface area (Å²) < 4.78 is 35.7. The molecule has 0 aromatic rings. The van der Waals surface area contributed by atoms with Gasteiger partial charge in [0.05, 0.1) is 11.5 Å². The van der Waals surface area contributed by atoms with Crippen LogP contribution in [0.15, 0.2) is 0 Å². The summed E-state index contributed by atoms with van der Waals surface area (Å²) in [6.07, 6.45) is -4.69. The lowest BCUT2D eigenvalue weighted by Crippen LogP contribution is -2.38. The normalized spacial score (nSPS) is 14.4. The van der Waals surface area contributed by atoms with Crippen LogP contribution < -0.4 is 5.32 Å². The molecular formula is C11H19F3N2O. The number of hydrogen-bond acceptors (Lipinski definition) is 3. The largest absolute Gasteiger partial charge is 0.415 e. The van der Waals surface area contributed by atoms with Crippen LogP contribution in [0.4, 0.5) is 13.2 Å². The zero-order chi connectivity index (χ0) is 13.5. The van der Waals surface area contributed by atoms with Gasteiger partial charge in [-0.15, -0.1) is 0 Å². The maximum Gasteiger partial charge on any atom is 0.415 e. The van der Waals surface area contributed by atoms with Gasteiger partial charge in [-0.1, -0.05) is 6.42 Å². The second kappa shape index (κ2) is 6.82. The molecule has 17 heavy (non-hydrogen) atoms. The molecule has 3 nitrogen and oxygen atoms in total. The third kappa shape index (κ3) is 8.00. The number of aliphatic hydroxyl groups excluding tert-OH is 1.